The molecule has 0 radical (unpaired) electrons. The van der Waals surface area contributed by atoms with Crippen molar-refractivity contribution in [1.82, 2.24) is 10.2 Å². The van der Waals surface area contributed by atoms with Gasteiger partial charge in [0, 0.05) is 32.6 Å². The van der Waals surface area contributed by atoms with Gasteiger partial charge in [-0.2, -0.15) is 0 Å². The second kappa shape index (κ2) is 3.45. The second-order valence-corrected chi connectivity index (χ2v) is 4.84. The van der Waals surface area contributed by atoms with E-state index in [9.17, 15) is 9.59 Å². The number of hydrogen-bond acceptors (Lipinski definition) is 3. The van der Waals surface area contributed by atoms with Crippen LogP contribution in [0.15, 0.2) is 0 Å². The lowest BCUT2D eigenvalue weighted by Crippen LogP contribution is -2.70. The molecule has 3 aliphatic heterocycles. The number of piperazine rings is 1. The van der Waals surface area contributed by atoms with Crippen molar-refractivity contribution < 1.29 is 14.3 Å². The monoisotopic (exact) mass is 224 g/mol. The van der Waals surface area contributed by atoms with Crippen molar-refractivity contribution in [3.63, 3.8) is 0 Å². The number of ether oxygens (including phenoxy) is 1. The van der Waals surface area contributed by atoms with Crippen LogP contribution in [-0.2, 0) is 14.3 Å². The first kappa shape index (κ1) is 10.1. The Morgan fingerprint density at radius 1 is 1.31 bits per heavy atom. The molecular formula is C11H16N2O3. The van der Waals surface area contributed by atoms with E-state index in [1.165, 1.54) is 0 Å². The number of nitrogens with one attached hydrogen (secondary N) is 1. The molecule has 3 saturated heterocycles. The molecule has 0 aromatic rings. The molecule has 0 aromatic carbocycles. The van der Waals surface area contributed by atoms with Crippen molar-refractivity contribution >= 4 is 11.8 Å². The van der Waals surface area contributed by atoms with Gasteiger partial charge in [-0.25, -0.2) is 0 Å². The van der Waals surface area contributed by atoms with E-state index in [1.807, 2.05) is 0 Å². The van der Waals surface area contributed by atoms with Crippen LogP contribution in [0.4, 0.5) is 0 Å². The van der Waals surface area contributed by atoms with Gasteiger partial charge in [0.2, 0.25) is 11.8 Å². The molecule has 5 heteroatoms. The smallest absolute Gasteiger partial charge is 0.249 e. The number of fused-ring (bicyclic) bond motifs is 1. The Kier molecular flexibility index (Phi) is 2.17. The molecule has 0 bridgehead atoms. The molecule has 88 valence electrons. The number of rotatable bonds is 0. The standard InChI is InChI=1S/C11H16N2O3/c14-9-8-2-1-5-13(8)10(15)11(12-9)3-6-16-7-4-11/h8H,1-7H2,(H,12,14)/t8-/m0/s1. The quantitative estimate of drug-likeness (QED) is 0.612. The molecule has 16 heavy (non-hydrogen) atoms. The predicted molar refractivity (Wildman–Crippen MR) is 55.7 cm³/mol. The lowest BCUT2D eigenvalue weighted by molar-refractivity contribution is -0.156. The summed E-state index contributed by atoms with van der Waals surface area (Å²) in [5.74, 6) is 0.136. The molecule has 0 aliphatic carbocycles. The van der Waals surface area contributed by atoms with Crippen molar-refractivity contribution in [2.24, 2.45) is 0 Å². The van der Waals surface area contributed by atoms with Crippen molar-refractivity contribution in [3.8, 4) is 0 Å². The fourth-order valence-corrected chi connectivity index (χ4v) is 2.99. The van der Waals surface area contributed by atoms with Crippen molar-refractivity contribution in [3.05, 3.63) is 0 Å². The van der Waals surface area contributed by atoms with E-state index in [-0.39, 0.29) is 17.9 Å². The summed E-state index contributed by atoms with van der Waals surface area (Å²) >= 11 is 0. The van der Waals surface area contributed by atoms with Crippen LogP contribution in [0, 0.1) is 0 Å². The van der Waals surface area contributed by atoms with Crippen LogP contribution in [0.1, 0.15) is 25.7 Å². The summed E-state index contributed by atoms with van der Waals surface area (Å²) in [6.45, 7) is 1.86. The van der Waals surface area contributed by atoms with Crippen molar-refractivity contribution in [1.29, 1.82) is 0 Å². The molecule has 1 spiro atoms. The second-order valence-electron chi connectivity index (χ2n) is 4.84. The van der Waals surface area contributed by atoms with Gasteiger partial charge in [0.1, 0.15) is 11.6 Å². The van der Waals surface area contributed by atoms with Gasteiger partial charge in [-0.05, 0) is 12.8 Å². The summed E-state index contributed by atoms with van der Waals surface area (Å²) in [6, 6.07) is -0.207. The maximum absolute atomic E-state index is 12.4. The average molecular weight is 224 g/mol. The van der Waals surface area contributed by atoms with Crippen LogP contribution in [0.25, 0.3) is 0 Å². The molecule has 3 fully saturated rings. The molecule has 1 N–H and O–H groups in total. The lowest BCUT2D eigenvalue weighted by Gasteiger charge is -2.45. The third kappa shape index (κ3) is 1.27. The summed E-state index contributed by atoms with van der Waals surface area (Å²) in [5, 5.41) is 2.94. The van der Waals surface area contributed by atoms with Gasteiger partial charge >= 0.3 is 0 Å². The average Bonchev–Trinajstić information content (AvgIpc) is 2.77. The first-order chi connectivity index (χ1) is 7.73. The Bertz CT molecular complexity index is 336. The summed E-state index contributed by atoms with van der Waals surface area (Å²) in [7, 11) is 0. The minimum Gasteiger partial charge on any atom is -0.381 e. The van der Waals surface area contributed by atoms with Crippen molar-refractivity contribution in [2.45, 2.75) is 37.3 Å². The zero-order valence-corrected chi connectivity index (χ0v) is 9.20. The van der Waals surface area contributed by atoms with Gasteiger partial charge < -0.3 is 15.0 Å². The van der Waals surface area contributed by atoms with Gasteiger partial charge in [0.25, 0.3) is 0 Å². The highest BCUT2D eigenvalue weighted by molar-refractivity contribution is 6.00. The van der Waals surface area contributed by atoms with Crippen LogP contribution >= 0.6 is 0 Å². The van der Waals surface area contributed by atoms with Crippen LogP contribution in [-0.4, -0.2) is 48.1 Å². The van der Waals surface area contributed by atoms with Crippen LogP contribution in [0.5, 0.6) is 0 Å². The highest BCUT2D eigenvalue weighted by atomic mass is 16.5. The number of carbonyl (C=O) groups excluding carboxylic acids is 2. The summed E-state index contributed by atoms with van der Waals surface area (Å²) in [4.78, 5) is 26.1. The summed E-state index contributed by atoms with van der Waals surface area (Å²) in [5.41, 5.74) is -0.657. The fourth-order valence-electron chi connectivity index (χ4n) is 2.99. The SMILES string of the molecule is O=C1NC2(CCOCC2)C(=O)N2CCC[C@@H]12. The number of carbonyl (C=O) groups is 2. The zero-order chi connectivity index (χ0) is 11.2. The highest BCUT2D eigenvalue weighted by Crippen LogP contribution is 2.32. The molecule has 0 aromatic heterocycles. The number of nitrogens with zero attached hydrogens (tertiary/aromatic N) is 1. The molecule has 3 rings (SSSR count). The molecule has 5 nitrogen and oxygen atoms in total. The Morgan fingerprint density at radius 3 is 2.81 bits per heavy atom. The van der Waals surface area contributed by atoms with Gasteiger partial charge in [0.05, 0.1) is 0 Å². The molecule has 3 heterocycles. The normalized spacial score (nSPS) is 32.8. The maximum Gasteiger partial charge on any atom is 0.249 e. The first-order valence-corrected chi connectivity index (χ1v) is 5.94. The van der Waals surface area contributed by atoms with E-state index in [0.29, 0.717) is 26.1 Å². The van der Waals surface area contributed by atoms with E-state index in [4.69, 9.17) is 4.74 Å². The van der Waals surface area contributed by atoms with Gasteiger partial charge in [0.15, 0.2) is 0 Å². The van der Waals surface area contributed by atoms with Crippen molar-refractivity contribution in [2.75, 3.05) is 19.8 Å². The Labute approximate surface area is 94.1 Å². The summed E-state index contributed by atoms with van der Waals surface area (Å²) < 4.78 is 5.27. The topological polar surface area (TPSA) is 58.6 Å². The Hall–Kier alpha value is -1.10. The zero-order valence-electron chi connectivity index (χ0n) is 9.20. The maximum atomic E-state index is 12.4. The van der Waals surface area contributed by atoms with Gasteiger partial charge in [-0.15, -0.1) is 0 Å². The Balaban J connectivity index is 1.90. The lowest BCUT2D eigenvalue weighted by atomic mass is 9.85. The number of hydrogen-bond donors (Lipinski definition) is 1. The molecule has 0 saturated carbocycles. The minimum absolute atomic E-state index is 0.0269. The van der Waals surface area contributed by atoms with Gasteiger partial charge in [-0.3, -0.25) is 9.59 Å². The Morgan fingerprint density at radius 2 is 2.06 bits per heavy atom. The van der Waals surface area contributed by atoms with E-state index in [0.717, 1.165) is 19.4 Å². The van der Waals surface area contributed by atoms with Crippen LogP contribution in [0.3, 0.4) is 0 Å². The molecule has 0 unspecified atom stereocenters. The first-order valence-electron chi connectivity index (χ1n) is 5.94. The highest BCUT2D eigenvalue weighted by Gasteiger charge is 2.52. The fraction of sp³-hybridized carbons (Fsp3) is 0.818. The molecule has 1 atom stereocenters. The van der Waals surface area contributed by atoms with Gasteiger partial charge in [-0.1, -0.05) is 0 Å². The van der Waals surface area contributed by atoms with Crippen LogP contribution in [0.2, 0.25) is 0 Å². The van der Waals surface area contributed by atoms with E-state index < -0.39 is 5.54 Å². The minimum atomic E-state index is -0.657. The van der Waals surface area contributed by atoms with E-state index in [2.05, 4.69) is 5.32 Å². The number of amides is 2. The largest absolute Gasteiger partial charge is 0.381 e. The molecule has 2 amide bonds. The van der Waals surface area contributed by atoms with E-state index >= 15 is 0 Å². The predicted octanol–water partition coefficient (Wildman–Crippen LogP) is -0.344. The van der Waals surface area contributed by atoms with E-state index in [1.54, 1.807) is 4.90 Å². The third-order valence-corrected chi connectivity index (χ3v) is 3.93. The third-order valence-electron chi connectivity index (χ3n) is 3.93. The molecule has 3 aliphatic rings. The summed E-state index contributed by atoms with van der Waals surface area (Å²) in [6.07, 6.45) is 2.97. The van der Waals surface area contributed by atoms with Crippen LogP contribution < -0.4 is 5.32 Å². The molecular weight excluding hydrogens is 208 g/mol.